The Balaban J connectivity index is 2.48. The van der Waals surface area contributed by atoms with Gasteiger partial charge in [-0.05, 0) is 27.7 Å². The Morgan fingerprint density at radius 2 is 2.13 bits per heavy atom. The molecule has 2 unspecified atom stereocenters. The molecule has 0 aliphatic carbocycles. The number of Topliss-reactive ketones (excluding diaryl/α,β-unsaturated/α-hetero) is 1. The van der Waals surface area contributed by atoms with Crippen LogP contribution >= 0.6 is 0 Å². The molecule has 0 aromatic carbocycles. The molecule has 1 amide bonds. The van der Waals surface area contributed by atoms with Gasteiger partial charge in [0.05, 0.1) is 6.10 Å². The van der Waals surface area contributed by atoms with E-state index in [1.807, 2.05) is 0 Å². The van der Waals surface area contributed by atoms with E-state index in [4.69, 9.17) is 9.47 Å². The average Bonchev–Trinajstić information content (AvgIpc) is 2.32. The van der Waals surface area contributed by atoms with Gasteiger partial charge in [0.15, 0.2) is 5.78 Å². The highest BCUT2D eigenvalue weighted by Crippen LogP contribution is 2.11. The third kappa shape index (κ3) is 3.51. The van der Waals surface area contributed by atoms with Crippen molar-refractivity contribution in [3.63, 3.8) is 0 Å². The zero-order valence-corrected chi connectivity index (χ0v) is 9.49. The van der Waals surface area contributed by atoms with Crippen molar-refractivity contribution in [3.05, 3.63) is 0 Å². The Morgan fingerprint density at radius 3 is 2.53 bits per heavy atom. The quantitative estimate of drug-likeness (QED) is 0.704. The molecule has 1 heterocycles. The van der Waals surface area contributed by atoms with Crippen LogP contribution in [0.3, 0.4) is 0 Å². The standard InChI is InChI=1S/C10H17NO4/c1-6-8(7(12)5-14-6)11-9(13)15-10(2,3)4/h6,8H,5H2,1-4H3,(H,11,13). The summed E-state index contributed by atoms with van der Waals surface area (Å²) in [4.78, 5) is 22.7. The second-order valence-electron chi connectivity index (χ2n) is 4.61. The number of ketones is 1. The number of nitrogens with one attached hydrogen (secondary N) is 1. The molecule has 0 spiro atoms. The van der Waals surface area contributed by atoms with Crippen molar-refractivity contribution >= 4 is 11.9 Å². The molecule has 1 N–H and O–H groups in total. The maximum absolute atomic E-state index is 11.4. The zero-order valence-electron chi connectivity index (χ0n) is 9.49. The minimum Gasteiger partial charge on any atom is -0.444 e. The number of rotatable bonds is 1. The lowest BCUT2D eigenvalue weighted by Gasteiger charge is -2.22. The van der Waals surface area contributed by atoms with E-state index in [9.17, 15) is 9.59 Å². The molecule has 5 heteroatoms. The first-order valence-electron chi connectivity index (χ1n) is 4.93. The largest absolute Gasteiger partial charge is 0.444 e. The zero-order chi connectivity index (χ0) is 11.6. The van der Waals surface area contributed by atoms with Gasteiger partial charge in [-0.2, -0.15) is 0 Å². The fraction of sp³-hybridized carbons (Fsp3) is 0.800. The van der Waals surface area contributed by atoms with Crippen LogP contribution < -0.4 is 5.32 Å². The fourth-order valence-corrected chi connectivity index (χ4v) is 1.29. The van der Waals surface area contributed by atoms with Gasteiger partial charge in [-0.3, -0.25) is 4.79 Å². The highest BCUT2D eigenvalue weighted by molar-refractivity contribution is 5.90. The van der Waals surface area contributed by atoms with Crippen LogP contribution in [0, 0.1) is 0 Å². The van der Waals surface area contributed by atoms with Crippen molar-refractivity contribution in [3.8, 4) is 0 Å². The minimum absolute atomic E-state index is 0.0572. The summed E-state index contributed by atoms with van der Waals surface area (Å²) in [6.07, 6.45) is -0.872. The smallest absolute Gasteiger partial charge is 0.408 e. The lowest BCUT2D eigenvalue weighted by molar-refractivity contribution is -0.119. The van der Waals surface area contributed by atoms with Crippen LogP contribution in [-0.4, -0.2) is 36.2 Å². The van der Waals surface area contributed by atoms with Gasteiger partial charge >= 0.3 is 6.09 Å². The molecule has 0 radical (unpaired) electrons. The van der Waals surface area contributed by atoms with Crippen molar-refractivity contribution in [1.82, 2.24) is 5.32 Å². The first-order valence-corrected chi connectivity index (χ1v) is 4.93. The first kappa shape index (κ1) is 12.0. The summed E-state index contributed by atoms with van der Waals surface area (Å²) in [6, 6.07) is -0.583. The second-order valence-corrected chi connectivity index (χ2v) is 4.61. The van der Waals surface area contributed by atoms with Gasteiger partial charge < -0.3 is 14.8 Å². The first-order chi connectivity index (χ1) is 6.79. The van der Waals surface area contributed by atoms with Crippen molar-refractivity contribution in [1.29, 1.82) is 0 Å². The minimum atomic E-state index is -0.585. The molecule has 2 atom stereocenters. The van der Waals surface area contributed by atoms with Gasteiger partial charge in [0.25, 0.3) is 0 Å². The van der Waals surface area contributed by atoms with Crippen LogP contribution in [0.1, 0.15) is 27.7 Å². The van der Waals surface area contributed by atoms with E-state index in [1.165, 1.54) is 0 Å². The van der Waals surface area contributed by atoms with E-state index >= 15 is 0 Å². The van der Waals surface area contributed by atoms with Crippen LogP contribution in [0.5, 0.6) is 0 Å². The molecule has 1 fully saturated rings. The average molecular weight is 215 g/mol. The Hall–Kier alpha value is -1.10. The summed E-state index contributed by atoms with van der Waals surface area (Å²) in [5.41, 5.74) is -0.560. The van der Waals surface area contributed by atoms with E-state index in [0.29, 0.717) is 0 Å². The van der Waals surface area contributed by atoms with Crippen LogP contribution in [0.15, 0.2) is 0 Å². The summed E-state index contributed by atoms with van der Waals surface area (Å²) in [5.74, 6) is -0.117. The lowest BCUT2D eigenvalue weighted by Crippen LogP contribution is -2.45. The van der Waals surface area contributed by atoms with E-state index in [2.05, 4.69) is 5.32 Å². The Labute approximate surface area is 89.1 Å². The summed E-state index contributed by atoms with van der Waals surface area (Å²) in [6.45, 7) is 7.10. The van der Waals surface area contributed by atoms with E-state index < -0.39 is 17.7 Å². The Bertz CT molecular complexity index is 269. The molecule has 86 valence electrons. The molecule has 0 bridgehead atoms. The third-order valence-electron chi connectivity index (χ3n) is 1.98. The maximum atomic E-state index is 11.4. The number of hydrogen-bond acceptors (Lipinski definition) is 4. The topological polar surface area (TPSA) is 64.6 Å². The number of carbonyl (C=O) groups is 2. The molecule has 1 aliphatic heterocycles. The number of amides is 1. The molecule has 0 aromatic heterocycles. The SMILES string of the molecule is CC1OCC(=O)C1NC(=O)OC(C)(C)C. The molecular weight excluding hydrogens is 198 g/mol. The van der Waals surface area contributed by atoms with Crippen molar-refractivity contribution in [2.75, 3.05) is 6.61 Å². The second kappa shape index (κ2) is 4.18. The van der Waals surface area contributed by atoms with E-state index in [-0.39, 0.29) is 18.5 Å². The predicted molar refractivity (Wildman–Crippen MR) is 53.6 cm³/mol. The van der Waals surface area contributed by atoms with Crippen molar-refractivity contribution in [2.45, 2.75) is 45.4 Å². The van der Waals surface area contributed by atoms with Crippen LogP contribution in [-0.2, 0) is 14.3 Å². The van der Waals surface area contributed by atoms with Gasteiger partial charge in [-0.25, -0.2) is 4.79 Å². The molecule has 1 rings (SSSR count). The van der Waals surface area contributed by atoms with Gasteiger partial charge in [-0.15, -0.1) is 0 Å². The predicted octanol–water partition coefficient (Wildman–Crippen LogP) is 0.867. The van der Waals surface area contributed by atoms with Crippen LogP contribution in [0.25, 0.3) is 0 Å². The normalized spacial score (nSPS) is 26.5. The number of ether oxygens (including phenoxy) is 2. The van der Waals surface area contributed by atoms with E-state index in [1.54, 1.807) is 27.7 Å². The number of carbonyl (C=O) groups excluding carboxylic acids is 2. The summed E-state index contributed by atoms with van der Waals surface area (Å²) in [7, 11) is 0. The monoisotopic (exact) mass is 215 g/mol. The third-order valence-corrected chi connectivity index (χ3v) is 1.98. The molecule has 15 heavy (non-hydrogen) atoms. The molecule has 1 aliphatic rings. The van der Waals surface area contributed by atoms with Crippen molar-refractivity contribution < 1.29 is 19.1 Å². The lowest BCUT2D eigenvalue weighted by atomic mass is 10.1. The van der Waals surface area contributed by atoms with Crippen molar-refractivity contribution in [2.24, 2.45) is 0 Å². The Kier molecular flexibility index (Phi) is 3.34. The van der Waals surface area contributed by atoms with Gasteiger partial charge in [0, 0.05) is 0 Å². The molecular formula is C10H17NO4. The number of alkyl carbamates (subject to hydrolysis) is 1. The van der Waals surface area contributed by atoms with Gasteiger partial charge in [0.2, 0.25) is 0 Å². The molecule has 0 saturated carbocycles. The molecule has 1 saturated heterocycles. The summed E-state index contributed by atoms with van der Waals surface area (Å²) < 4.78 is 10.1. The Morgan fingerprint density at radius 1 is 1.53 bits per heavy atom. The molecule has 5 nitrogen and oxygen atoms in total. The summed E-state index contributed by atoms with van der Waals surface area (Å²) >= 11 is 0. The van der Waals surface area contributed by atoms with Gasteiger partial charge in [-0.1, -0.05) is 0 Å². The number of hydrogen-bond donors (Lipinski definition) is 1. The van der Waals surface area contributed by atoms with Crippen LogP contribution in [0.4, 0.5) is 4.79 Å². The highest BCUT2D eigenvalue weighted by Gasteiger charge is 2.34. The van der Waals surface area contributed by atoms with E-state index in [0.717, 1.165) is 0 Å². The molecule has 0 aromatic rings. The van der Waals surface area contributed by atoms with Gasteiger partial charge in [0.1, 0.15) is 18.2 Å². The fourth-order valence-electron chi connectivity index (χ4n) is 1.29. The highest BCUT2D eigenvalue weighted by atomic mass is 16.6. The van der Waals surface area contributed by atoms with Crippen LogP contribution in [0.2, 0.25) is 0 Å². The summed E-state index contributed by atoms with van der Waals surface area (Å²) in [5, 5.41) is 2.50. The maximum Gasteiger partial charge on any atom is 0.408 e.